The van der Waals surface area contributed by atoms with E-state index in [1.807, 2.05) is 17.0 Å². The predicted octanol–water partition coefficient (Wildman–Crippen LogP) is 1.03. The number of amides is 1. The molecule has 0 bridgehead atoms. The molecule has 2 heterocycles. The second-order valence-corrected chi connectivity index (χ2v) is 7.02. The van der Waals surface area contributed by atoms with Crippen LogP contribution in [0.3, 0.4) is 0 Å². The summed E-state index contributed by atoms with van der Waals surface area (Å²) in [6, 6.07) is 8.29. The van der Waals surface area contributed by atoms with Crippen LogP contribution in [0.4, 0.5) is 0 Å². The Kier molecular flexibility index (Phi) is 6.32. The van der Waals surface area contributed by atoms with Gasteiger partial charge in [0.1, 0.15) is 0 Å². The van der Waals surface area contributed by atoms with Gasteiger partial charge in [-0.15, -0.1) is 0 Å². The zero-order valence-corrected chi connectivity index (χ0v) is 16.1. The zero-order valence-electron chi connectivity index (χ0n) is 16.1. The van der Waals surface area contributed by atoms with Crippen molar-refractivity contribution in [2.75, 3.05) is 40.3 Å². The molecule has 0 aromatic heterocycles. The van der Waals surface area contributed by atoms with Gasteiger partial charge in [-0.1, -0.05) is 24.3 Å². The van der Waals surface area contributed by atoms with E-state index in [0.717, 1.165) is 38.9 Å². The molecular formula is C20H28N4O3. The third-order valence-electron chi connectivity index (χ3n) is 5.42. The van der Waals surface area contributed by atoms with E-state index in [9.17, 15) is 9.59 Å². The molecule has 1 fully saturated rings. The van der Waals surface area contributed by atoms with E-state index in [2.05, 4.69) is 27.3 Å². The van der Waals surface area contributed by atoms with Crippen LogP contribution < -0.4 is 5.32 Å². The highest BCUT2D eigenvalue weighted by molar-refractivity contribution is 5.86. The Labute approximate surface area is 160 Å². The SMILES string of the molecule is CN=C(NCC(=O)N1CCc2ccccc2C1)N1CCC(C(=O)OC)CC1. The molecule has 1 N–H and O–H groups in total. The summed E-state index contributed by atoms with van der Waals surface area (Å²) in [4.78, 5) is 32.6. The Morgan fingerprint density at radius 2 is 1.85 bits per heavy atom. The van der Waals surface area contributed by atoms with Gasteiger partial charge in [0.25, 0.3) is 0 Å². The number of methoxy groups -OCH3 is 1. The third-order valence-corrected chi connectivity index (χ3v) is 5.42. The van der Waals surface area contributed by atoms with Crippen molar-refractivity contribution in [2.45, 2.75) is 25.8 Å². The van der Waals surface area contributed by atoms with Crippen molar-refractivity contribution in [1.82, 2.24) is 15.1 Å². The van der Waals surface area contributed by atoms with Crippen molar-refractivity contribution >= 4 is 17.8 Å². The predicted molar refractivity (Wildman–Crippen MR) is 103 cm³/mol. The Morgan fingerprint density at radius 1 is 1.15 bits per heavy atom. The molecule has 1 amide bonds. The van der Waals surface area contributed by atoms with Gasteiger partial charge in [-0.2, -0.15) is 0 Å². The lowest BCUT2D eigenvalue weighted by molar-refractivity contribution is -0.146. The van der Waals surface area contributed by atoms with Crippen molar-refractivity contribution in [2.24, 2.45) is 10.9 Å². The van der Waals surface area contributed by atoms with E-state index in [-0.39, 0.29) is 24.3 Å². The fraction of sp³-hybridized carbons (Fsp3) is 0.550. The van der Waals surface area contributed by atoms with Crippen LogP contribution in [0.25, 0.3) is 0 Å². The van der Waals surface area contributed by atoms with E-state index in [0.29, 0.717) is 12.5 Å². The fourth-order valence-electron chi connectivity index (χ4n) is 3.80. The lowest BCUT2D eigenvalue weighted by Gasteiger charge is -2.34. The number of benzene rings is 1. The summed E-state index contributed by atoms with van der Waals surface area (Å²) in [5.74, 6) is 0.608. The summed E-state index contributed by atoms with van der Waals surface area (Å²) >= 11 is 0. The van der Waals surface area contributed by atoms with E-state index < -0.39 is 0 Å². The molecule has 7 nitrogen and oxygen atoms in total. The maximum Gasteiger partial charge on any atom is 0.308 e. The Balaban J connectivity index is 1.49. The molecule has 0 atom stereocenters. The number of ether oxygens (including phenoxy) is 1. The third kappa shape index (κ3) is 4.59. The normalized spacial score (nSPS) is 18.1. The number of rotatable bonds is 3. The fourth-order valence-corrected chi connectivity index (χ4v) is 3.80. The summed E-state index contributed by atoms with van der Waals surface area (Å²) < 4.78 is 4.83. The Morgan fingerprint density at radius 3 is 2.52 bits per heavy atom. The minimum Gasteiger partial charge on any atom is -0.469 e. The number of nitrogens with zero attached hydrogens (tertiary/aromatic N) is 3. The maximum atomic E-state index is 12.6. The molecule has 1 aromatic carbocycles. The molecule has 2 aliphatic rings. The number of hydrogen-bond donors (Lipinski definition) is 1. The Hall–Kier alpha value is -2.57. The number of carbonyl (C=O) groups is 2. The van der Waals surface area contributed by atoms with Crippen molar-refractivity contribution in [3.05, 3.63) is 35.4 Å². The first-order valence-electron chi connectivity index (χ1n) is 9.50. The van der Waals surface area contributed by atoms with E-state index >= 15 is 0 Å². The van der Waals surface area contributed by atoms with E-state index in [1.165, 1.54) is 18.2 Å². The largest absolute Gasteiger partial charge is 0.469 e. The molecule has 0 saturated carbocycles. The molecule has 0 radical (unpaired) electrons. The number of guanidine groups is 1. The molecular weight excluding hydrogens is 344 g/mol. The monoisotopic (exact) mass is 372 g/mol. The average Bonchev–Trinajstić information content (AvgIpc) is 2.73. The molecule has 0 spiro atoms. The molecule has 27 heavy (non-hydrogen) atoms. The first-order chi connectivity index (χ1) is 13.1. The summed E-state index contributed by atoms with van der Waals surface area (Å²) in [7, 11) is 3.15. The van der Waals surface area contributed by atoms with Gasteiger partial charge in [-0.25, -0.2) is 0 Å². The van der Waals surface area contributed by atoms with Gasteiger partial charge >= 0.3 is 5.97 Å². The van der Waals surface area contributed by atoms with Crippen molar-refractivity contribution in [1.29, 1.82) is 0 Å². The van der Waals surface area contributed by atoms with E-state index in [1.54, 1.807) is 7.05 Å². The Bertz CT molecular complexity index is 711. The van der Waals surface area contributed by atoms with Gasteiger partial charge in [-0.3, -0.25) is 14.6 Å². The van der Waals surface area contributed by atoms with Gasteiger partial charge in [0.05, 0.1) is 19.6 Å². The lowest BCUT2D eigenvalue weighted by Crippen LogP contribution is -2.50. The van der Waals surface area contributed by atoms with E-state index in [4.69, 9.17) is 4.74 Å². The number of hydrogen-bond acceptors (Lipinski definition) is 4. The van der Waals surface area contributed by atoms with Gasteiger partial charge < -0.3 is 19.9 Å². The highest BCUT2D eigenvalue weighted by Crippen LogP contribution is 2.19. The molecule has 146 valence electrons. The van der Waals surface area contributed by atoms with Crippen LogP contribution in [0.15, 0.2) is 29.3 Å². The van der Waals surface area contributed by atoms with Crippen molar-refractivity contribution < 1.29 is 14.3 Å². The topological polar surface area (TPSA) is 74.2 Å². The molecule has 0 unspecified atom stereocenters. The van der Waals surface area contributed by atoms with Crippen LogP contribution >= 0.6 is 0 Å². The highest BCUT2D eigenvalue weighted by Gasteiger charge is 2.27. The van der Waals surface area contributed by atoms with Crippen LogP contribution in [-0.4, -0.2) is 68.0 Å². The summed E-state index contributed by atoms with van der Waals surface area (Å²) in [6.45, 7) is 3.10. The minimum atomic E-state index is -0.141. The first kappa shape index (κ1) is 19.2. The number of likely N-dealkylation sites (tertiary alicyclic amines) is 1. The molecule has 2 aliphatic heterocycles. The zero-order chi connectivity index (χ0) is 19.2. The first-order valence-corrected chi connectivity index (χ1v) is 9.50. The second kappa shape index (κ2) is 8.88. The molecule has 3 rings (SSSR count). The number of aliphatic imine (C=N–C) groups is 1. The number of fused-ring (bicyclic) bond motifs is 1. The quantitative estimate of drug-likeness (QED) is 0.487. The van der Waals surface area contributed by atoms with Gasteiger partial charge in [-0.05, 0) is 30.4 Å². The smallest absolute Gasteiger partial charge is 0.308 e. The van der Waals surface area contributed by atoms with Crippen LogP contribution in [0.5, 0.6) is 0 Å². The molecule has 1 aromatic rings. The van der Waals surface area contributed by atoms with Crippen LogP contribution in [0.2, 0.25) is 0 Å². The summed E-state index contributed by atoms with van der Waals surface area (Å²) in [6.07, 6.45) is 2.38. The van der Waals surface area contributed by atoms with Crippen LogP contribution in [0, 0.1) is 5.92 Å². The number of esters is 1. The van der Waals surface area contributed by atoms with Gasteiger partial charge in [0, 0.05) is 33.2 Å². The van der Waals surface area contributed by atoms with Crippen LogP contribution in [0.1, 0.15) is 24.0 Å². The minimum absolute atomic E-state index is 0.0422. The molecule has 7 heteroatoms. The lowest BCUT2D eigenvalue weighted by atomic mass is 9.97. The highest BCUT2D eigenvalue weighted by atomic mass is 16.5. The number of carbonyl (C=O) groups excluding carboxylic acids is 2. The average molecular weight is 372 g/mol. The maximum absolute atomic E-state index is 12.6. The van der Waals surface area contributed by atoms with Gasteiger partial charge in [0.2, 0.25) is 5.91 Å². The summed E-state index contributed by atoms with van der Waals surface area (Å²) in [5, 5.41) is 3.19. The second-order valence-electron chi connectivity index (χ2n) is 7.02. The number of piperidine rings is 1. The van der Waals surface area contributed by atoms with Crippen molar-refractivity contribution in [3.8, 4) is 0 Å². The summed E-state index contributed by atoms with van der Waals surface area (Å²) in [5.41, 5.74) is 2.56. The molecule has 1 saturated heterocycles. The van der Waals surface area contributed by atoms with Gasteiger partial charge in [0.15, 0.2) is 5.96 Å². The number of nitrogens with one attached hydrogen (secondary N) is 1. The standard InChI is InChI=1S/C20H28N4O3/c1-21-20(23-10-8-16(9-11-23)19(26)27-2)22-13-18(25)24-12-7-15-5-3-4-6-17(15)14-24/h3-6,16H,7-14H2,1-2H3,(H,21,22). The van der Waals surface area contributed by atoms with Crippen LogP contribution in [-0.2, 0) is 27.3 Å². The van der Waals surface area contributed by atoms with Crippen molar-refractivity contribution in [3.63, 3.8) is 0 Å². The molecule has 0 aliphatic carbocycles.